The van der Waals surface area contributed by atoms with E-state index >= 15 is 0 Å². The summed E-state index contributed by atoms with van der Waals surface area (Å²) in [5, 5.41) is 0. The van der Waals surface area contributed by atoms with Gasteiger partial charge in [-0.05, 0) is 42.9 Å². The largest absolute Gasteiger partial charge is 0.358 e. The molecule has 1 heterocycles. The molecule has 0 unspecified atom stereocenters. The fraction of sp³-hybridized carbons (Fsp3) is 0.455. The molecule has 0 fully saturated rings. The molecule has 0 saturated carbocycles. The molecule has 1 aromatic rings. The molecule has 0 atom stereocenters. The molecule has 0 spiro atoms. The normalized spacial score (nSPS) is 15.5. The van der Waals surface area contributed by atoms with E-state index in [0.717, 1.165) is 11.3 Å². The molecule has 0 bridgehead atoms. The van der Waals surface area contributed by atoms with E-state index in [-0.39, 0.29) is 0 Å². The highest BCUT2D eigenvalue weighted by atomic mass is 14.7. The van der Waals surface area contributed by atoms with Crippen LogP contribution in [0.2, 0.25) is 0 Å². The third-order valence-electron chi connectivity index (χ3n) is 2.74. The van der Waals surface area contributed by atoms with E-state index in [1.165, 1.54) is 36.9 Å². The lowest BCUT2D eigenvalue weighted by Gasteiger charge is -2.09. The highest BCUT2D eigenvalue weighted by molar-refractivity contribution is 5.63. The lowest BCUT2D eigenvalue weighted by atomic mass is 9.98. The van der Waals surface area contributed by atoms with Crippen LogP contribution in [-0.4, -0.2) is 11.5 Å². The average molecular weight is 176 g/mol. The number of H-pyrrole nitrogens is 1. The van der Waals surface area contributed by atoms with Crippen LogP contribution in [0.1, 0.15) is 29.8 Å². The van der Waals surface area contributed by atoms with Crippen molar-refractivity contribution in [2.45, 2.75) is 25.7 Å². The van der Waals surface area contributed by atoms with Crippen molar-refractivity contribution >= 4 is 5.57 Å². The summed E-state index contributed by atoms with van der Waals surface area (Å²) in [4.78, 5) is 3.40. The second-order valence-corrected chi connectivity index (χ2v) is 3.70. The molecule has 2 heteroatoms. The quantitative estimate of drug-likeness (QED) is 0.709. The first-order chi connectivity index (χ1) is 6.31. The number of hydrogen-bond donors (Lipinski definition) is 2. The molecule has 0 aromatic carbocycles. The van der Waals surface area contributed by atoms with E-state index in [1.54, 1.807) is 0 Å². The van der Waals surface area contributed by atoms with Crippen LogP contribution >= 0.6 is 0 Å². The molecule has 13 heavy (non-hydrogen) atoms. The Morgan fingerprint density at radius 2 is 2.23 bits per heavy atom. The molecule has 0 aliphatic heterocycles. The van der Waals surface area contributed by atoms with Gasteiger partial charge in [-0.1, -0.05) is 6.58 Å². The predicted molar refractivity (Wildman–Crippen MR) is 55.5 cm³/mol. The Balaban J connectivity index is 2.30. The summed E-state index contributed by atoms with van der Waals surface area (Å²) in [6.45, 7) is 4.47. The third kappa shape index (κ3) is 1.54. The first-order valence-electron chi connectivity index (χ1n) is 4.90. The fourth-order valence-electron chi connectivity index (χ4n) is 1.90. The minimum atomic E-state index is 0.541. The molecular weight excluding hydrogens is 160 g/mol. The number of aromatic nitrogens is 1. The number of hydrogen-bond acceptors (Lipinski definition) is 1. The van der Waals surface area contributed by atoms with Crippen LogP contribution < -0.4 is 5.73 Å². The Hall–Kier alpha value is -1.02. The molecule has 0 amide bonds. The molecule has 70 valence electrons. The van der Waals surface area contributed by atoms with Gasteiger partial charge in [-0.25, -0.2) is 0 Å². The summed E-state index contributed by atoms with van der Waals surface area (Å²) in [7, 11) is 0. The Labute approximate surface area is 78.8 Å². The van der Waals surface area contributed by atoms with E-state index in [4.69, 9.17) is 5.73 Å². The van der Waals surface area contributed by atoms with Crippen molar-refractivity contribution in [1.82, 2.24) is 4.98 Å². The number of fused-ring (bicyclic) bond motifs is 1. The van der Waals surface area contributed by atoms with E-state index < -0.39 is 0 Å². The first kappa shape index (κ1) is 8.57. The average Bonchev–Trinajstić information content (AvgIpc) is 2.59. The second kappa shape index (κ2) is 3.38. The number of aryl methyl sites for hydroxylation is 2. The summed E-state index contributed by atoms with van der Waals surface area (Å²) in [6.07, 6.45) is 5.03. The number of aromatic amines is 1. The zero-order valence-electron chi connectivity index (χ0n) is 7.90. The van der Waals surface area contributed by atoms with Crippen LogP contribution in [0.4, 0.5) is 0 Å². The molecule has 2 rings (SSSR count). The summed E-state index contributed by atoms with van der Waals surface area (Å²) in [6, 6.07) is 2.21. The molecule has 0 saturated heterocycles. The van der Waals surface area contributed by atoms with Gasteiger partial charge >= 0.3 is 0 Å². The maximum Gasteiger partial charge on any atom is 0.0424 e. The number of nitrogens with two attached hydrogens (primary N) is 1. The van der Waals surface area contributed by atoms with Crippen molar-refractivity contribution in [3.8, 4) is 0 Å². The van der Waals surface area contributed by atoms with E-state index in [9.17, 15) is 0 Å². The Morgan fingerprint density at radius 3 is 2.92 bits per heavy atom. The molecule has 2 nitrogen and oxygen atoms in total. The van der Waals surface area contributed by atoms with E-state index in [1.807, 2.05) is 0 Å². The van der Waals surface area contributed by atoms with Crippen LogP contribution in [0, 0.1) is 0 Å². The highest BCUT2D eigenvalue weighted by Crippen LogP contribution is 2.23. The summed E-state index contributed by atoms with van der Waals surface area (Å²) < 4.78 is 0. The van der Waals surface area contributed by atoms with Crippen molar-refractivity contribution in [3.63, 3.8) is 0 Å². The van der Waals surface area contributed by atoms with Crippen molar-refractivity contribution in [2.24, 2.45) is 5.73 Å². The number of rotatable bonds is 2. The van der Waals surface area contributed by atoms with Gasteiger partial charge in [0.1, 0.15) is 0 Å². The van der Waals surface area contributed by atoms with E-state index in [0.29, 0.717) is 6.54 Å². The van der Waals surface area contributed by atoms with Gasteiger partial charge in [0.25, 0.3) is 0 Å². The van der Waals surface area contributed by atoms with Crippen molar-refractivity contribution in [1.29, 1.82) is 0 Å². The SMILES string of the molecule is C=C(CN)c1cc2c([nH]1)CCCC2. The highest BCUT2D eigenvalue weighted by Gasteiger charge is 2.12. The number of nitrogens with one attached hydrogen (secondary N) is 1. The van der Waals surface area contributed by atoms with Crippen LogP contribution in [0.3, 0.4) is 0 Å². The van der Waals surface area contributed by atoms with Gasteiger partial charge in [0.05, 0.1) is 0 Å². The summed E-state index contributed by atoms with van der Waals surface area (Å²) in [5.74, 6) is 0. The first-order valence-corrected chi connectivity index (χ1v) is 4.90. The Kier molecular flexibility index (Phi) is 2.23. The van der Waals surface area contributed by atoms with Gasteiger partial charge in [0.15, 0.2) is 0 Å². The van der Waals surface area contributed by atoms with Gasteiger partial charge in [-0.2, -0.15) is 0 Å². The van der Waals surface area contributed by atoms with E-state index in [2.05, 4.69) is 17.6 Å². The molecule has 0 radical (unpaired) electrons. The predicted octanol–water partition coefficient (Wildman–Crippen LogP) is 1.87. The fourth-order valence-corrected chi connectivity index (χ4v) is 1.90. The smallest absolute Gasteiger partial charge is 0.0424 e. The minimum Gasteiger partial charge on any atom is -0.358 e. The second-order valence-electron chi connectivity index (χ2n) is 3.70. The lowest BCUT2D eigenvalue weighted by molar-refractivity contribution is 0.677. The maximum absolute atomic E-state index is 5.54. The van der Waals surface area contributed by atoms with Gasteiger partial charge in [0, 0.05) is 17.9 Å². The van der Waals surface area contributed by atoms with Crippen LogP contribution in [0.15, 0.2) is 12.6 Å². The zero-order chi connectivity index (χ0) is 9.26. The monoisotopic (exact) mass is 176 g/mol. The standard InChI is InChI=1S/C11H16N2/c1-8(7-12)11-6-9-4-2-3-5-10(9)13-11/h6,13H,1-5,7,12H2. The topological polar surface area (TPSA) is 41.8 Å². The lowest BCUT2D eigenvalue weighted by Crippen LogP contribution is -2.01. The van der Waals surface area contributed by atoms with Crippen LogP contribution in [0.5, 0.6) is 0 Å². The maximum atomic E-state index is 5.54. The minimum absolute atomic E-state index is 0.541. The molecular formula is C11H16N2. The van der Waals surface area contributed by atoms with Crippen LogP contribution in [-0.2, 0) is 12.8 Å². The van der Waals surface area contributed by atoms with Crippen molar-refractivity contribution in [3.05, 3.63) is 29.6 Å². The van der Waals surface area contributed by atoms with Gasteiger partial charge < -0.3 is 10.7 Å². The Bertz CT molecular complexity index is 299. The molecule has 1 aliphatic rings. The van der Waals surface area contributed by atoms with Crippen molar-refractivity contribution in [2.75, 3.05) is 6.54 Å². The van der Waals surface area contributed by atoms with Crippen molar-refractivity contribution < 1.29 is 0 Å². The molecule has 3 N–H and O–H groups in total. The molecule has 1 aromatic heterocycles. The van der Waals surface area contributed by atoms with Gasteiger partial charge in [-0.3, -0.25) is 0 Å². The zero-order valence-corrected chi connectivity index (χ0v) is 7.90. The summed E-state index contributed by atoms with van der Waals surface area (Å²) in [5.41, 5.74) is 10.6. The van der Waals surface area contributed by atoms with Gasteiger partial charge in [-0.15, -0.1) is 0 Å². The third-order valence-corrected chi connectivity index (χ3v) is 2.74. The summed E-state index contributed by atoms with van der Waals surface area (Å²) >= 11 is 0. The molecule has 1 aliphatic carbocycles. The Morgan fingerprint density at radius 1 is 1.46 bits per heavy atom. The van der Waals surface area contributed by atoms with Crippen LogP contribution in [0.25, 0.3) is 5.57 Å². The van der Waals surface area contributed by atoms with Gasteiger partial charge in [0.2, 0.25) is 0 Å².